The van der Waals surface area contributed by atoms with Crippen LogP contribution in [0.2, 0.25) is 19.6 Å². The van der Waals surface area contributed by atoms with Gasteiger partial charge in [0.1, 0.15) is 0 Å². The highest BCUT2D eigenvalue weighted by molar-refractivity contribution is 6.69. The normalized spacial score (nSPS) is 34.1. The smallest absolute Gasteiger partial charge is 0.184 e. The van der Waals surface area contributed by atoms with E-state index in [0.29, 0.717) is 36.0 Å². The Morgan fingerprint density at radius 2 is 1.87 bits per heavy atom. The Labute approximate surface area is 235 Å². The molecular weight excluding hydrogens is 484 g/mol. The van der Waals surface area contributed by atoms with E-state index in [0.717, 1.165) is 24.0 Å². The van der Waals surface area contributed by atoms with E-state index < -0.39 is 8.32 Å². The maximum atomic E-state index is 10.3. The molecular formula is C34H56O3Si. The van der Waals surface area contributed by atoms with Gasteiger partial charge in [0, 0.05) is 5.92 Å². The number of aliphatic hydroxyl groups is 2. The largest absolute Gasteiger partial charge is 0.409 e. The fourth-order valence-corrected chi connectivity index (χ4v) is 9.37. The highest BCUT2D eigenvalue weighted by atomic mass is 28.4. The van der Waals surface area contributed by atoms with E-state index in [9.17, 15) is 10.2 Å². The van der Waals surface area contributed by atoms with Crippen molar-refractivity contribution < 1.29 is 14.6 Å². The first-order chi connectivity index (χ1) is 17.9. The Morgan fingerprint density at radius 3 is 2.50 bits per heavy atom. The van der Waals surface area contributed by atoms with E-state index in [1.807, 2.05) is 0 Å². The first-order valence-corrected chi connectivity index (χ1v) is 18.7. The van der Waals surface area contributed by atoms with Gasteiger partial charge in [-0.1, -0.05) is 76.3 Å². The summed E-state index contributed by atoms with van der Waals surface area (Å²) in [6, 6.07) is 0. The Balaban J connectivity index is 1.72. The predicted molar refractivity (Wildman–Crippen MR) is 164 cm³/mol. The van der Waals surface area contributed by atoms with Crippen molar-refractivity contribution in [2.75, 3.05) is 6.61 Å². The number of rotatable bonds is 10. The van der Waals surface area contributed by atoms with E-state index in [4.69, 9.17) is 4.43 Å². The van der Waals surface area contributed by atoms with Gasteiger partial charge in [-0.25, -0.2) is 0 Å². The quantitative estimate of drug-likeness (QED) is 0.216. The number of aliphatic hydroxyl groups excluding tert-OH is 2. The van der Waals surface area contributed by atoms with E-state index in [-0.39, 0.29) is 24.2 Å². The molecule has 6 atom stereocenters. The molecule has 0 unspecified atom stereocenters. The molecule has 0 saturated heterocycles. The average Bonchev–Trinajstić information content (AvgIpc) is 3.22. The van der Waals surface area contributed by atoms with Crippen LogP contribution in [0.15, 0.2) is 59.8 Å². The van der Waals surface area contributed by atoms with E-state index in [1.54, 1.807) is 5.57 Å². The van der Waals surface area contributed by atoms with Crippen molar-refractivity contribution in [2.45, 2.75) is 117 Å². The molecule has 0 spiro atoms. The minimum Gasteiger partial charge on any atom is -0.409 e. The molecule has 3 aliphatic carbocycles. The van der Waals surface area contributed by atoms with Gasteiger partial charge in [0.2, 0.25) is 0 Å². The Kier molecular flexibility index (Phi) is 10.7. The van der Waals surface area contributed by atoms with Crippen LogP contribution in [0.3, 0.4) is 0 Å². The summed E-state index contributed by atoms with van der Waals surface area (Å²) in [4.78, 5) is 0. The van der Waals surface area contributed by atoms with Crippen molar-refractivity contribution in [3.05, 3.63) is 59.8 Å². The molecule has 214 valence electrons. The second-order valence-electron chi connectivity index (χ2n) is 13.6. The highest BCUT2D eigenvalue weighted by Crippen LogP contribution is 2.59. The molecule has 0 aromatic heterocycles. The molecule has 0 bridgehead atoms. The van der Waals surface area contributed by atoms with E-state index >= 15 is 0 Å². The molecule has 3 fully saturated rings. The number of allylic oxidation sites excluding steroid dienone is 6. The molecule has 0 heterocycles. The molecule has 0 radical (unpaired) electrons. The maximum absolute atomic E-state index is 10.3. The lowest BCUT2D eigenvalue weighted by Gasteiger charge is -2.44. The van der Waals surface area contributed by atoms with Gasteiger partial charge in [-0.15, -0.1) is 0 Å². The third-order valence-corrected chi connectivity index (χ3v) is 11.0. The third-order valence-electron chi connectivity index (χ3n) is 9.94. The maximum Gasteiger partial charge on any atom is 0.184 e. The molecule has 0 amide bonds. The van der Waals surface area contributed by atoms with Crippen LogP contribution in [0.5, 0.6) is 0 Å². The van der Waals surface area contributed by atoms with Gasteiger partial charge in [-0.05, 0) is 112 Å². The van der Waals surface area contributed by atoms with Crippen molar-refractivity contribution >= 4 is 8.32 Å². The van der Waals surface area contributed by atoms with Crippen molar-refractivity contribution in [2.24, 2.45) is 29.1 Å². The van der Waals surface area contributed by atoms with Crippen LogP contribution in [0.25, 0.3) is 0 Å². The molecule has 4 heteroatoms. The molecule has 0 aromatic carbocycles. The van der Waals surface area contributed by atoms with E-state index in [1.165, 1.54) is 32.1 Å². The minimum atomic E-state index is -1.62. The zero-order chi connectivity index (χ0) is 28.1. The SMILES string of the molecule is C=C1/C(=C\C=C2/CCC[C@]3(C)[C@@H]([C@H](C)/C=C/C=C/C(CC)(CC)O[Si](C)(C)C)CC[C@@H]23)C[C@@H](O)C[C@@H]1CO. The number of hydrogen-bond acceptors (Lipinski definition) is 3. The van der Waals surface area contributed by atoms with E-state index in [2.05, 4.69) is 90.4 Å². The summed E-state index contributed by atoms with van der Waals surface area (Å²) in [5, 5.41) is 20.0. The number of fused-ring (bicyclic) bond motifs is 1. The molecule has 0 aliphatic heterocycles. The summed E-state index contributed by atoms with van der Waals surface area (Å²) in [5.74, 6) is 1.86. The van der Waals surface area contributed by atoms with Gasteiger partial charge in [0.25, 0.3) is 0 Å². The van der Waals surface area contributed by atoms with Crippen molar-refractivity contribution in [1.29, 1.82) is 0 Å². The molecule has 38 heavy (non-hydrogen) atoms. The first kappa shape index (κ1) is 31.3. The Bertz CT molecular complexity index is 932. The number of hydrogen-bond donors (Lipinski definition) is 2. The minimum absolute atomic E-state index is 0.0144. The van der Waals surface area contributed by atoms with Crippen LogP contribution < -0.4 is 0 Å². The van der Waals surface area contributed by atoms with Crippen LogP contribution in [0, 0.1) is 29.1 Å². The molecule has 0 aromatic rings. The van der Waals surface area contributed by atoms with Crippen molar-refractivity contribution in [3.8, 4) is 0 Å². The van der Waals surface area contributed by atoms with Crippen LogP contribution in [-0.2, 0) is 4.43 Å². The Morgan fingerprint density at radius 1 is 1.16 bits per heavy atom. The van der Waals surface area contributed by atoms with Gasteiger partial charge < -0.3 is 14.6 Å². The van der Waals surface area contributed by atoms with Gasteiger partial charge in [0.15, 0.2) is 8.32 Å². The van der Waals surface area contributed by atoms with Gasteiger partial charge in [-0.2, -0.15) is 0 Å². The Hall–Kier alpha value is -1.20. The predicted octanol–water partition coefficient (Wildman–Crippen LogP) is 8.53. The first-order valence-electron chi connectivity index (χ1n) is 15.3. The van der Waals surface area contributed by atoms with Crippen LogP contribution in [0.1, 0.15) is 85.5 Å². The zero-order valence-corrected chi connectivity index (χ0v) is 26.4. The summed E-state index contributed by atoms with van der Waals surface area (Å²) in [6.45, 7) is 20.6. The summed E-state index contributed by atoms with van der Waals surface area (Å²) in [7, 11) is -1.62. The monoisotopic (exact) mass is 540 g/mol. The highest BCUT2D eigenvalue weighted by Gasteiger charge is 2.50. The van der Waals surface area contributed by atoms with Crippen LogP contribution in [0.4, 0.5) is 0 Å². The van der Waals surface area contributed by atoms with Crippen molar-refractivity contribution in [1.82, 2.24) is 0 Å². The molecule has 3 saturated carbocycles. The molecule has 3 rings (SSSR count). The summed E-state index contributed by atoms with van der Waals surface area (Å²) in [5.41, 5.74) is 3.90. The molecule has 3 nitrogen and oxygen atoms in total. The lowest BCUT2D eigenvalue weighted by Crippen LogP contribution is -2.40. The zero-order valence-electron chi connectivity index (χ0n) is 25.4. The summed E-state index contributed by atoms with van der Waals surface area (Å²) in [6.07, 6.45) is 23.0. The van der Waals surface area contributed by atoms with Crippen LogP contribution in [-0.4, -0.2) is 36.8 Å². The van der Waals surface area contributed by atoms with Crippen molar-refractivity contribution in [3.63, 3.8) is 0 Å². The lowest BCUT2D eigenvalue weighted by molar-refractivity contribution is 0.103. The summed E-state index contributed by atoms with van der Waals surface area (Å²) >= 11 is 0. The van der Waals surface area contributed by atoms with Gasteiger partial charge >= 0.3 is 0 Å². The molecule has 2 N–H and O–H groups in total. The van der Waals surface area contributed by atoms with Gasteiger partial charge in [0.05, 0.1) is 18.3 Å². The second kappa shape index (κ2) is 13.0. The standard InChI is InChI=1S/C34H56O3Si/c1-9-34(10-2,37-38(6,7)8)21-12-11-14-25(3)31-18-19-32-27(15-13-20-33(31,32)5)16-17-28-22-30(36)23-29(24-35)26(28)4/h11-12,14,16-17,21,25,29-32,35-36H,4,9-10,13,15,18-20,22-24H2,1-3,5-8H3/b14-11+,21-12+,27-16+,28-17-/t25-,29-,30-,31-,32+,33-/m1/s1. The average molecular weight is 541 g/mol. The molecule has 3 aliphatic rings. The summed E-state index contributed by atoms with van der Waals surface area (Å²) < 4.78 is 6.60. The fraction of sp³-hybridized carbons (Fsp3) is 0.706. The lowest BCUT2D eigenvalue weighted by atomic mass is 9.61. The second-order valence-corrected chi connectivity index (χ2v) is 18.0. The van der Waals surface area contributed by atoms with Crippen LogP contribution >= 0.6 is 0 Å². The topological polar surface area (TPSA) is 49.7 Å². The third kappa shape index (κ3) is 7.30. The van der Waals surface area contributed by atoms with Gasteiger partial charge in [-0.3, -0.25) is 0 Å². The fourth-order valence-electron chi connectivity index (χ4n) is 7.79.